The van der Waals surface area contributed by atoms with Crippen LogP contribution in [0, 0.1) is 5.92 Å². The Labute approximate surface area is 80.3 Å². The van der Waals surface area contributed by atoms with E-state index in [0.717, 1.165) is 6.08 Å². The molecule has 1 aliphatic heterocycles. The summed E-state index contributed by atoms with van der Waals surface area (Å²) in [6.07, 6.45) is -2.23. The van der Waals surface area contributed by atoms with Crippen LogP contribution in [0.3, 0.4) is 0 Å². The van der Waals surface area contributed by atoms with E-state index in [4.69, 9.17) is 5.84 Å². The van der Waals surface area contributed by atoms with Crippen LogP contribution in [0.5, 0.6) is 0 Å². The summed E-state index contributed by atoms with van der Waals surface area (Å²) >= 11 is 2.89. The number of nitrogens with two attached hydrogens (primary N) is 1. The Balaban J connectivity index is 3.01. The molecule has 2 N–H and O–H groups in total. The summed E-state index contributed by atoms with van der Waals surface area (Å²) < 4.78 is 37.1. The van der Waals surface area contributed by atoms with Crippen molar-refractivity contribution in [2.45, 2.75) is 6.18 Å². The summed E-state index contributed by atoms with van der Waals surface area (Å²) in [4.78, 5) is 3.44. The van der Waals surface area contributed by atoms with Gasteiger partial charge in [-0.3, -0.25) is 0 Å². The van der Waals surface area contributed by atoms with E-state index >= 15 is 0 Å². The maximum Gasteiger partial charge on any atom is 0.402 e. The second-order valence-electron chi connectivity index (χ2n) is 2.32. The van der Waals surface area contributed by atoms with Crippen LogP contribution in [-0.2, 0) is 0 Å². The maximum atomic E-state index is 12.3. The Morgan fingerprint density at radius 3 is 2.62 bits per heavy atom. The Hall–Kier alpha value is -0.850. The molecule has 0 aromatic carbocycles. The molecule has 0 bridgehead atoms. The molecule has 0 aromatic rings. The molecule has 1 heterocycles. The Bertz CT molecular complexity index is 292. The summed E-state index contributed by atoms with van der Waals surface area (Å²) in [5.41, 5.74) is 0. The normalized spacial score (nSPS) is 26.3. The average Bonchev–Trinajstić information content (AvgIpc) is 2.03. The van der Waals surface area contributed by atoms with E-state index in [1.165, 1.54) is 6.21 Å². The number of amidine groups is 1. The largest absolute Gasteiger partial charge is 0.402 e. The van der Waals surface area contributed by atoms with Gasteiger partial charge in [0.15, 0.2) is 5.84 Å². The van der Waals surface area contributed by atoms with Crippen molar-refractivity contribution in [3.63, 3.8) is 0 Å². The number of nitrogens with zero attached hydrogens (tertiary/aromatic N) is 2. The van der Waals surface area contributed by atoms with Gasteiger partial charge in [0.2, 0.25) is 0 Å². The van der Waals surface area contributed by atoms with E-state index in [0.29, 0.717) is 0 Å². The number of rotatable bonds is 0. The van der Waals surface area contributed by atoms with Crippen LogP contribution in [0.15, 0.2) is 20.7 Å². The Kier molecular flexibility index (Phi) is 2.74. The molecule has 0 aromatic heterocycles. The Morgan fingerprint density at radius 1 is 1.54 bits per heavy atom. The lowest BCUT2D eigenvalue weighted by Crippen LogP contribution is -2.30. The van der Waals surface area contributed by atoms with E-state index in [9.17, 15) is 13.2 Å². The third kappa shape index (κ3) is 2.30. The number of hydrogen-bond donors (Lipinski definition) is 1. The van der Waals surface area contributed by atoms with E-state index in [2.05, 4.69) is 26.0 Å². The van der Waals surface area contributed by atoms with Crippen LogP contribution < -0.4 is 5.84 Å². The van der Waals surface area contributed by atoms with Gasteiger partial charge in [-0.25, -0.2) is 4.99 Å². The summed E-state index contributed by atoms with van der Waals surface area (Å²) in [7, 11) is 0. The smallest absolute Gasteiger partial charge is 0.321 e. The van der Waals surface area contributed by atoms with Gasteiger partial charge in [-0.15, -0.1) is 0 Å². The molecule has 0 amide bonds. The number of hydrogen-bond acceptors (Lipinski definition) is 2. The molecular formula is C6H5BrF3N3. The molecule has 1 atom stereocenters. The minimum atomic E-state index is -4.41. The average molecular weight is 256 g/mol. The van der Waals surface area contributed by atoms with Crippen LogP contribution in [0.1, 0.15) is 0 Å². The lowest BCUT2D eigenvalue weighted by Gasteiger charge is -2.18. The first-order valence-electron chi connectivity index (χ1n) is 3.21. The van der Waals surface area contributed by atoms with Crippen molar-refractivity contribution in [2.75, 3.05) is 0 Å². The molecule has 1 rings (SSSR count). The van der Waals surface area contributed by atoms with Crippen LogP contribution in [-0.4, -0.2) is 18.2 Å². The van der Waals surface area contributed by atoms with Gasteiger partial charge in [0, 0.05) is 10.7 Å². The molecule has 0 radical (unpaired) electrons. The number of halogens is 4. The first kappa shape index (κ1) is 10.2. The molecule has 72 valence electrons. The highest BCUT2D eigenvalue weighted by molar-refractivity contribution is 9.12. The summed E-state index contributed by atoms with van der Waals surface area (Å²) in [6.45, 7) is 0. The predicted molar refractivity (Wildman–Crippen MR) is 46.7 cm³/mol. The topological polar surface area (TPSA) is 50.7 Å². The van der Waals surface area contributed by atoms with Crippen LogP contribution in [0.2, 0.25) is 0 Å². The monoisotopic (exact) mass is 255 g/mol. The van der Waals surface area contributed by atoms with E-state index < -0.39 is 17.9 Å². The third-order valence-corrected chi connectivity index (χ3v) is 1.88. The van der Waals surface area contributed by atoms with Gasteiger partial charge in [0.25, 0.3) is 0 Å². The minimum absolute atomic E-state index is 0.266. The van der Waals surface area contributed by atoms with Gasteiger partial charge < -0.3 is 5.84 Å². The van der Waals surface area contributed by atoms with Gasteiger partial charge in [-0.1, -0.05) is 0 Å². The SMILES string of the molecule is N/N=C1/N=CC(Br)=CC1C(F)(F)F. The predicted octanol–water partition coefficient (Wildman–Crippen LogP) is 1.80. The lowest BCUT2D eigenvalue weighted by molar-refractivity contribution is -0.144. The van der Waals surface area contributed by atoms with Crippen molar-refractivity contribution in [3.8, 4) is 0 Å². The van der Waals surface area contributed by atoms with Gasteiger partial charge in [0.1, 0.15) is 5.92 Å². The zero-order valence-electron chi connectivity index (χ0n) is 6.22. The van der Waals surface area contributed by atoms with Gasteiger partial charge in [-0.05, 0) is 22.0 Å². The number of aliphatic imine (C=N–C) groups is 1. The highest BCUT2D eigenvalue weighted by atomic mass is 79.9. The summed E-state index contributed by atoms with van der Waals surface area (Å²) in [5, 5.41) is 2.96. The molecule has 0 fully saturated rings. The number of hydrazone groups is 1. The molecular weight excluding hydrogens is 251 g/mol. The third-order valence-electron chi connectivity index (χ3n) is 1.41. The highest BCUT2D eigenvalue weighted by Gasteiger charge is 2.43. The van der Waals surface area contributed by atoms with Crippen molar-refractivity contribution in [2.24, 2.45) is 21.9 Å². The Morgan fingerprint density at radius 2 is 2.15 bits per heavy atom. The summed E-state index contributed by atoms with van der Waals surface area (Å²) in [6, 6.07) is 0. The molecule has 3 nitrogen and oxygen atoms in total. The van der Waals surface area contributed by atoms with Crippen molar-refractivity contribution in [1.29, 1.82) is 0 Å². The molecule has 0 spiro atoms. The fourth-order valence-corrected chi connectivity index (χ4v) is 1.21. The van der Waals surface area contributed by atoms with Crippen LogP contribution in [0.4, 0.5) is 13.2 Å². The summed E-state index contributed by atoms with van der Waals surface area (Å²) in [5.74, 6) is 2.51. The first-order valence-corrected chi connectivity index (χ1v) is 4.00. The molecule has 1 unspecified atom stereocenters. The number of dihydropyridines is 1. The molecule has 1 aliphatic rings. The van der Waals surface area contributed by atoms with Gasteiger partial charge in [0.05, 0.1) is 0 Å². The number of allylic oxidation sites excluding steroid dienone is 1. The van der Waals surface area contributed by atoms with Crippen LogP contribution in [0.25, 0.3) is 0 Å². The lowest BCUT2D eigenvalue weighted by atomic mass is 10.1. The molecule has 0 saturated heterocycles. The molecule has 0 saturated carbocycles. The molecule has 0 aliphatic carbocycles. The highest BCUT2D eigenvalue weighted by Crippen LogP contribution is 2.32. The second-order valence-corrected chi connectivity index (χ2v) is 3.23. The minimum Gasteiger partial charge on any atom is -0.321 e. The maximum absolute atomic E-state index is 12.3. The second kappa shape index (κ2) is 3.49. The molecule has 13 heavy (non-hydrogen) atoms. The zero-order chi connectivity index (χ0) is 10.1. The molecule has 7 heteroatoms. The quantitative estimate of drug-likeness (QED) is 0.521. The van der Waals surface area contributed by atoms with Crippen LogP contribution >= 0.6 is 15.9 Å². The van der Waals surface area contributed by atoms with E-state index in [-0.39, 0.29) is 4.48 Å². The number of alkyl halides is 3. The zero-order valence-corrected chi connectivity index (χ0v) is 7.80. The fourth-order valence-electron chi connectivity index (χ4n) is 0.839. The van der Waals surface area contributed by atoms with Crippen molar-refractivity contribution >= 4 is 28.0 Å². The first-order chi connectivity index (χ1) is 5.95. The van der Waals surface area contributed by atoms with E-state index in [1.54, 1.807) is 0 Å². The van der Waals surface area contributed by atoms with Crippen molar-refractivity contribution in [1.82, 2.24) is 0 Å². The van der Waals surface area contributed by atoms with E-state index in [1.807, 2.05) is 0 Å². The standard InChI is InChI=1S/C6H5BrF3N3/c7-3-1-4(6(8,9)10)5(13-11)12-2-3/h1-2,4H,11H2/b13-5+. The van der Waals surface area contributed by atoms with Crippen molar-refractivity contribution < 1.29 is 13.2 Å². The van der Waals surface area contributed by atoms with Crippen molar-refractivity contribution in [3.05, 3.63) is 10.6 Å². The van der Waals surface area contributed by atoms with Gasteiger partial charge >= 0.3 is 6.18 Å². The van der Waals surface area contributed by atoms with Gasteiger partial charge in [-0.2, -0.15) is 18.3 Å². The fraction of sp³-hybridized carbons (Fsp3) is 0.333.